The van der Waals surface area contributed by atoms with E-state index in [0.717, 1.165) is 51.4 Å². The summed E-state index contributed by atoms with van der Waals surface area (Å²) >= 11 is 0. The Kier molecular flexibility index (Phi) is 7.81. The molecule has 7 rings (SSSR count). The zero-order valence-electron chi connectivity index (χ0n) is 25.4. The van der Waals surface area contributed by atoms with Gasteiger partial charge in [0, 0.05) is 37.3 Å². The second-order valence-electron chi connectivity index (χ2n) is 11.4. The second kappa shape index (κ2) is 12.5. The molecule has 1 atom stereocenters. The average molecular weight is 587 g/mol. The van der Waals surface area contributed by atoms with E-state index in [0.29, 0.717) is 5.89 Å². The maximum absolute atomic E-state index is 6.01. The third-order valence-electron chi connectivity index (χ3n) is 8.16. The van der Waals surface area contributed by atoms with Crippen LogP contribution in [0.2, 0.25) is 0 Å². The van der Waals surface area contributed by atoms with E-state index in [4.69, 9.17) is 9.52 Å². The quantitative estimate of drug-likeness (QED) is 0.167. The Balaban J connectivity index is 1.07. The molecule has 0 N–H and O–H groups in total. The molecule has 1 aliphatic rings. The number of oxazole rings is 1. The molecule has 5 nitrogen and oxygen atoms in total. The molecule has 2 heterocycles. The minimum atomic E-state index is 0.141. The van der Waals surface area contributed by atoms with Gasteiger partial charge in [-0.3, -0.25) is 5.01 Å². The maximum atomic E-state index is 6.01. The molecule has 0 bridgehead atoms. The van der Waals surface area contributed by atoms with Crippen molar-refractivity contribution in [3.8, 4) is 22.8 Å². The van der Waals surface area contributed by atoms with E-state index >= 15 is 0 Å². The fourth-order valence-corrected chi connectivity index (χ4v) is 5.62. The molecular formula is C40H34N4O. The van der Waals surface area contributed by atoms with Crippen LogP contribution in [-0.4, -0.2) is 24.8 Å². The molecule has 0 aliphatic carbocycles. The highest BCUT2D eigenvalue weighted by molar-refractivity contribution is 6.03. The van der Waals surface area contributed by atoms with E-state index in [9.17, 15) is 0 Å². The van der Waals surface area contributed by atoms with Crippen LogP contribution in [0.1, 0.15) is 34.7 Å². The summed E-state index contributed by atoms with van der Waals surface area (Å²) in [4.78, 5) is 6.60. The molecule has 0 saturated heterocycles. The zero-order chi connectivity index (χ0) is 30.6. The molecule has 0 saturated carbocycles. The largest absolute Gasteiger partial charge is 0.436 e. The van der Waals surface area contributed by atoms with Gasteiger partial charge in [-0.1, -0.05) is 109 Å². The van der Waals surface area contributed by atoms with Crippen LogP contribution in [0.4, 0.5) is 11.4 Å². The summed E-state index contributed by atoms with van der Waals surface area (Å²) in [5.74, 6) is 1.38. The molecule has 0 fully saturated rings. The Morgan fingerprint density at radius 3 is 1.91 bits per heavy atom. The van der Waals surface area contributed by atoms with Crippen LogP contribution in [0.5, 0.6) is 0 Å². The van der Waals surface area contributed by atoms with Crippen LogP contribution < -0.4 is 9.91 Å². The van der Waals surface area contributed by atoms with Crippen molar-refractivity contribution >= 4 is 29.2 Å². The van der Waals surface area contributed by atoms with Gasteiger partial charge in [0.05, 0.1) is 23.6 Å². The van der Waals surface area contributed by atoms with Crippen molar-refractivity contribution in [2.24, 2.45) is 5.10 Å². The molecular weight excluding hydrogens is 552 g/mol. The Bertz CT molecular complexity index is 1920. The summed E-state index contributed by atoms with van der Waals surface area (Å²) in [6.45, 7) is 0. The van der Waals surface area contributed by atoms with Crippen molar-refractivity contribution < 1.29 is 4.42 Å². The van der Waals surface area contributed by atoms with Crippen LogP contribution in [-0.2, 0) is 0 Å². The van der Waals surface area contributed by atoms with Gasteiger partial charge in [-0.05, 0) is 58.7 Å². The minimum Gasteiger partial charge on any atom is -0.436 e. The number of hydrogen-bond donors (Lipinski definition) is 0. The molecule has 5 heteroatoms. The highest BCUT2D eigenvalue weighted by Gasteiger charge is 2.29. The Morgan fingerprint density at radius 1 is 0.667 bits per heavy atom. The summed E-state index contributed by atoms with van der Waals surface area (Å²) in [5, 5.41) is 7.31. The van der Waals surface area contributed by atoms with Gasteiger partial charge < -0.3 is 9.32 Å². The van der Waals surface area contributed by atoms with Crippen molar-refractivity contribution in [2.75, 3.05) is 24.0 Å². The second-order valence-corrected chi connectivity index (χ2v) is 11.4. The SMILES string of the molecule is CN(C)c1ccc(C2=NN(c3ccc(/C=C/c4ccc(-c5ncc(-c6ccccc6)o5)cc4)cc3)C(c3ccccc3)C2)cc1. The smallest absolute Gasteiger partial charge is 0.226 e. The molecule has 1 aromatic heterocycles. The van der Waals surface area contributed by atoms with E-state index in [1.807, 2.05) is 42.5 Å². The number of hydrogen-bond acceptors (Lipinski definition) is 5. The Hall–Kier alpha value is -5.68. The van der Waals surface area contributed by atoms with Gasteiger partial charge in [-0.15, -0.1) is 0 Å². The van der Waals surface area contributed by atoms with Crippen LogP contribution in [0.25, 0.3) is 34.9 Å². The topological polar surface area (TPSA) is 44.9 Å². The van der Waals surface area contributed by atoms with Gasteiger partial charge in [0.1, 0.15) is 0 Å². The molecule has 45 heavy (non-hydrogen) atoms. The van der Waals surface area contributed by atoms with E-state index in [-0.39, 0.29) is 6.04 Å². The molecule has 220 valence electrons. The van der Waals surface area contributed by atoms with Gasteiger partial charge in [-0.25, -0.2) is 4.98 Å². The molecule has 1 aliphatic heterocycles. The summed E-state index contributed by atoms with van der Waals surface area (Å²) in [6, 6.07) is 46.4. The first kappa shape index (κ1) is 28.1. The lowest BCUT2D eigenvalue weighted by molar-refractivity contribution is 0.589. The van der Waals surface area contributed by atoms with E-state index in [1.54, 1.807) is 6.20 Å². The summed E-state index contributed by atoms with van der Waals surface area (Å²) < 4.78 is 6.01. The first-order valence-electron chi connectivity index (χ1n) is 15.2. The van der Waals surface area contributed by atoms with Crippen molar-refractivity contribution in [3.05, 3.63) is 162 Å². The summed E-state index contributed by atoms with van der Waals surface area (Å²) in [7, 11) is 4.12. The third-order valence-corrected chi connectivity index (χ3v) is 8.16. The first-order valence-corrected chi connectivity index (χ1v) is 15.2. The molecule has 0 amide bonds. The van der Waals surface area contributed by atoms with E-state index in [1.165, 1.54) is 11.3 Å². The van der Waals surface area contributed by atoms with E-state index in [2.05, 4.69) is 132 Å². The number of aromatic nitrogens is 1. The standard InChI is InChI=1S/C40H34N4O/c1-43(2)35-25-21-31(22-26-35)37-27-38(32-9-5-3-6-10-32)44(42-37)36-23-17-30(18-24-36)14-13-29-15-19-34(20-16-29)40-41-28-39(45-40)33-11-7-4-8-12-33/h3-26,28,38H,27H2,1-2H3/b14-13+. The lowest BCUT2D eigenvalue weighted by Crippen LogP contribution is -2.18. The molecule has 6 aromatic rings. The Morgan fingerprint density at radius 2 is 1.27 bits per heavy atom. The fourth-order valence-electron chi connectivity index (χ4n) is 5.62. The highest BCUT2D eigenvalue weighted by Crippen LogP contribution is 2.37. The lowest BCUT2D eigenvalue weighted by Gasteiger charge is -2.24. The number of hydrazone groups is 1. The van der Waals surface area contributed by atoms with Gasteiger partial charge in [-0.2, -0.15) is 5.10 Å². The van der Waals surface area contributed by atoms with Gasteiger partial charge in [0.15, 0.2) is 5.76 Å². The highest BCUT2D eigenvalue weighted by atomic mass is 16.4. The normalized spacial score (nSPS) is 14.6. The fraction of sp³-hybridized carbons (Fsp3) is 0.100. The van der Waals surface area contributed by atoms with Crippen molar-refractivity contribution in [1.82, 2.24) is 4.98 Å². The van der Waals surface area contributed by atoms with Crippen LogP contribution in [0.15, 0.2) is 149 Å². The number of nitrogens with zero attached hydrogens (tertiary/aromatic N) is 4. The zero-order valence-corrected chi connectivity index (χ0v) is 25.4. The predicted octanol–water partition coefficient (Wildman–Crippen LogP) is 9.60. The number of rotatable bonds is 8. The summed E-state index contributed by atoms with van der Waals surface area (Å²) in [5.41, 5.74) is 9.98. The first-order chi connectivity index (χ1) is 22.1. The molecule has 1 unspecified atom stereocenters. The van der Waals surface area contributed by atoms with Gasteiger partial charge >= 0.3 is 0 Å². The van der Waals surface area contributed by atoms with Crippen LogP contribution in [0.3, 0.4) is 0 Å². The monoisotopic (exact) mass is 586 g/mol. The third kappa shape index (κ3) is 6.20. The minimum absolute atomic E-state index is 0.141. The van der Waals surface area contributed by atoms with Gasteiger partial charge in [0.2, 0.25) is 5.89 Å². The summed E-state index contributed by atoms with van der Waals surface area (Å²) in [6.07, 6.45) is 6.89. The van der Waals surface area contributed by atoms with Crippen molar-refractivity contribution in [1.29, 1.82) is 0 Å². The van der Waals surface area contributed by atoms with Crippen molar-refractivity contribution in [2.45, 2.75) is 12.5 Å². The number of anilines is 2. The molecule has 0 spiro atoms. The van der Waals surface area contributed by atoms with Crippen LogP contribution >= 0.6 is 0 Å². The van der Waals surface area contributed by atoms with Crippen LogP contribution in [0, 0.1) is 0 Å². The molecule has 0 radical (unpaired) electrons. The predicted molar refractivity (Wildman–Crippen MR) is 186 cm³/mol. The molecule has 5 aromatic carbocycles. The van der Waals surface area contributed by atoms with Crippen molar-refractivity contribution in [3.63, 3.8) is 0 Å². The van der Waals surface area contributed by atoms with E-state index < -0.39 is 0 Å². The lowest BCUT2D eigenvalue weighted by atomic mass is 9.98. The Labute approximate surface area is 264 Å². The number of benzene rings is 5. The van der Waals surface area contributed by atoms with Gasteiger partial charge in [0.25, 0.3) is 0 Å². The average Bonchev–Trinajstić information content (AvgIpc) is 3.78. The maximum Gasteiger partial charge on any atom is 0.226 e.